The Morgan fingerprint density at radius 2 is 2.00 bits per heavy atom. The van der Waals surface area contributed by atoms with E-state index in [1.54, 1.807) is 0 Å². The van der Waals surface area contributed by atoms with Crippen molar-refractivity contribution in [2.24, 2.45) is 0 Å². The number of piperidine rings is 1. The van der Waals surface area contributed by atoms with Gasteiger partial charge in [-0.15, -0.1) is 0 Å². The molecule has 0 aromatic carbocycles. The first kappa shape index (κ1) is 12.6. The Kier molecular flexibility index (Phi) is 5.83. The van der Waals surface area contributed by atoms with Gasteiger partial charge in [0.15, 0.2) is 6.29 Å². The number of rotatable bonds is 6. The second-order valence-corrected chi connectivity index (χ2v) is 3.72. The minimum atomic E-state index is -0.189. The first-order valence-electron chi connectivity index (χ1n) is 5.73. The van der Waals surface area contributed by atoms with Crippen LogP contribution < -0.4 is 0 Å². The van der Waals surface area contributed by atoms with Crippen molar-refractivity contribution in [3.63, 3.8) is 0 Å². The first-order valence-corrected chi connectivity index (χ1v) is 5.73. The van der Waals surface area contributed by atoms with Crippen molar-refractivity contribution in [2.75, 3.05) is 32.8 Å². The van der Waals surface area contributed by atoms with Gasteiger partial charge in [0.1, 0.15) is 5.78 Å². The van der Waals surface area contributed by atoms with Gasteiger partial charge in [0.2, 0.25) is 0 Å². The Bertz CT molecular complexity index is 190. The second kappa shape index (κ2) is 6.93. The van der Waals surface area contributed by atoms with Crippen molar-refractivity contribution in [3.05, 3.63) is 0 Å². The van der Waals surface area contributed by atoms with Crippen LogP contribution in [0.2, 0.25) is 0 Å². The van der Waals surface area contributed by atoms with Crippen molar-refractivity contribution >= 4 is 5.78 Å². The molecule has 1 fully saturated rings. The lowest BCUT2D eigenvalue weighted by atomic mass is 10.1. The highest BCUT2D eigenvalue weighted by atomic mass is 16.7. The van der Waals surface area contributed by atoms with Gasteiger partial charge in [0.25, 0.3) is 0 Å². The van der Waals surface area contributed by atoms with Crippen LogP contribution in [-0.4, -0.2) is 49.8 Å². The van der Waals surface area contributed by atoms with E-state index in [0.29, 0.717) is 32.1 Å². The van der Waals surface area contributed by atoms with Crippen LogP contribution in [0.15, 0.2) is 0 Å². The summed E-state index contributed by atoms with van der Waals surface area (Å²) >= 11 is 0. The third-order valence-corrected chi connectivity index (χ3v) is 2.44. The molecule has 1 aliphatic rings. The molecule has 0 radical (unpaired) electrons. The number of likely N-dealkylation sites (tertiary alicyclic amines) is 1. The summed E-state index contributed by atoms with van der Waals surface area (Å²) in [5.74, 6) is 0.327. The zero-order chi connectivity index (χ0) is 11.1. The number of carbonyl (C=O) groups excluding carboxylic acids is 1. The standard InChI is InChI=1S/C11H21NO3/c1-3-14-11(15-4-2)9-12-7-5-6-10(13)8-12/h11H,3-9H2,1-2H3. The highest BCUT2D eigenvalue weighted by Crippen LogP contribution is 2.08. The molecule has 0 amide bonds. The van der Waals surface area contributed by atoms with Crippen LogP contribution in [0.4, 0.5) is 0 Å². The summed E-state index contributed by atoms with van der Waals surface area (Å²) in [5, 5.41) is 0. The fourth-order valence-electron chi connectivity index (χ4n) is 1.80. The molecule has 0 aromatic rings. The SMILES string of the molecule is CCOC(CN1CCCC(=O)C1)OCC. The van der Waals surface area contributed by atoms with Crippen LogP contribution in [0.25, 0.3) is 0 Å². The van der Waals surface area contributed by atoms with Gasteiger partial charge in [-0.3, -0.25) is 9.69 Å². The number of hydrogen-bond acceptors (Lipinski definition) is 4. The van der Waals surface area contributed by atoms with Crippen molar-refractivity contribution in [1.82, 2.24) is 4.90 Å². The molecule has 0 aliphatic carbocycles. The van der Waals surface area contributed by atoms with Gasteiger partial charge < -0.3 is 9.47 Å². The molecule has 0 unspecified atom stereocenters. The molecule has 0 saturated carbocycles. The van der Waals surface area contributed by atoms with E-state index in [4.69, 9.17) is 9.47 Å². The maximum absolute atomic E-state index is 11.2. The third-order valence-electron chi connectivity index (χ3n) is 2.44. The Balaban J connectivity index is 2.31. The molecule has 1 saturated heterocycles. The number of ketones is 1. The molecular weight excluding hydrogens is 194 g/mol. The van der Waals surface area contributed by atoms with E-state index in [0.717, 1.165) is 19.4 Å². The quantitative estimate of drug-likeness (QED) is 0.621. The summed E-state index contributed by atoms with van der Waals surface area (Å²) in [6.45, 7) is 7.42. The van der Waals surface area contributed by atoms with E-state index >= 15 is 0 Å². The molecule has 88 valence electrons. The van der Waals surface area contributed by atoms with Crippen LogP contribution in [0.1, 0.15) is 26.7 Å². The first-order chi connectivity index (χ1) is 7.26. The zero-order valence-electron chi connectivity index (χ0n) is 9.70. The van der Waals surface area contributed by atoms with Gasteiger partial charge >= 0.3 is 0 Å². The summed E-state index contributed by atoms with van der Waals surface area (Å²) in [7, 11) is 0. The van der Waals surface area contributed by atoms with E-state index in [9.17, 15) is 4.79 Å². The van der Waals surface area contributed by atoms with E-state index in [2.05, 4.69) is 4.90 Å². The monoisotopic (exact) mass is 215 g/mol. The molecule has 1 heterocycles. The fourth-order valence-corrected chi connectivity index (χ4v) is 1.80. The summed E-state index contributed by atoms with van der Waals surface area (Å²) < 4.78 is 10.9. The molecule has 15 heavy (non-hydrogen) atoms. The average Bonchev–Trinajstić information content (AvgIpc) is 2.18. The maximum Gasteiger partial charge on any atom is 0.170 e. The molecule has 1 rings (SSSR count). The molecule has 0 bridgehead atoms. The van der Waals surface area contributed by atoms with Gasteiger partial charge in [0.05, 0.1) is 6.54 Å². The van der Waals surface area contributed by atoms with E-state index in [1.165, 1.54) is 0 Å². The number of Topliss-reactive ketones (excluding diaryl/α,β-unsaturated/α-hetero) is 1. The van der Waals surface area contributed by atoms with Crippen LogP contribution in [0.5, 0.6) is 0 Å². The number of carbonyl (C=O) groups is 1. The summed E-state index contributed by atoms with van der Waals surface area (Å²) in [4.78, 5) is 13.4. The Morgan fingerprint density at radius 1 is 1.33 bits per heavy atom. The van der Waals surface area contributed by atoms with E-state index in [1.807, 2.05) is 13.8 Å². The van der Waals surface area contributed by atoms with Crippen molar-refractivity contribution in [1.29, 1.82) is 0 Å². The van der Waals surface area contributed by atoms with Crippen LogP contribution in [0, 0.1) is 0 Å². The number of ether oxygens (including phenoxy) is 2. The highest BCUT2D eigenvalue weighted by molar-refractivity contribution is 5.81. The molecule has 0 atom stereocenters. The molecule has 0 N–H and O–H groups in total. The summed E-state index contributed by atoms with van der Waals surface area (Å²) in [5.41, 5.74) is 0. The average molecular weight is 215 g/mol. The van der Waals surface area contributed by atoms with Crippen molar-refractivity contribution < 1.29 is 14.3 Å². The Labute approximate surface area is 91.5 Å². The summed E-state index contributed by atoms with van der Waals surface area (Å²) in [6, 6.07) is 0. The van der Waals surface area contributed by atoms with Crippen molar-refractivity contribution in [3.8, 4) is 0 Å². The van der Waals surface area contributed by atoms with Gasteiger partial charge in [-0.05, 0) is 26.8 Å². The lowest BCUT2D eigenvalue weighted by Crippen LogP contribution is -2.42. The fraction of sp³-hybridized carbons (Fsp3) is 0.909. The molecular formula is C11H21NO3. The normalized spacial score (nSPS) is 18.7. The molecule has 4 heteroatoms. The predicted octanol–water partition coefficient (Wildman–Crippen LogP) is 1.05. The predicted molar refractivity (Wildman–Crippen MR) is 57.7 cm³/mol. The molecule has 4 nitrogen and oxygen atoms in total. The van der Waals surface area contributed by atoms with Gasteiger partial charge in [-0.1, -0.05) is 0 Å². The Hall–Kier alpha value is -0.450. The zero-order valence-corrected chi connectivity index (χ0v) is 9.70. The van der Waals surface area contributed by atoms with E-state index < -0.39 is 0 Å². The third kappa shape index (κ3) is 4.73. The molecule has 0 spiro atoms. The van der Waals surface area contributed by atoms with Crippen molar-refractivity contribution in [2.45, 2.75) is 33.0 Å². The topological polar surface area (TPSA) is 38.8 Å². The lowest BCUT2D eigenvalue weighted by Gasteiger charge is -2.29. The van der Waals surface area contributed by atoms with E-state index in [-0.39, 0.29) is 6.29 Å². The minimum Gasteiger partial charge on any atom is -0.352 e. The van der Waals surface area contributed by atoms with Gasteiger partial charge in [0, 0.05) is 26.2 Å². The second-order valence-electron chi connectivity index (χ2n) is 3.72. The van der Waals surface area contributed by atoms with Gasteiger partial charge in [-0.2, -0.15) is 0 Å². The summed E-state index contributed by atoms with van der Waals surface area (Å²) in [6.07, 6.45) is 1.50. The minimum absolute atomic E-state index is 0.189. The van der Waals surface area contributed by atoms with Crippen LogP contribution >= 0.6 is 0 Å². The number of hydrogen-bond donors (Lipinski definition) is 0. The smallest absolute Gasteiger partial charge is 0.170 e. The number of nitrogens with zero attached hydrogens (tertiary/aromatic N) is 1. The van der Waals surface area contributed by atoms with Gasteiger partial charge in [-0.25, -0.2) is 0 Å². The van der Waals surface area contributed by atoms with Crippen LogP contribution in [-0.2, 0) is 14.3 Å². The lowest BCUT2D eigenvalue weighted by molar-refractivity contribution is -0.150. The Morgan fingerprint density at radius 3 is 2.53 bits per heavy atom. The van der Waals surface area contributed by atoms with Crippen LogP contribution in [0.3, 0.4) is 0 Å². The molecule has 1 aliphatic heterocycles. The molecule has 0 aromatic heterocycles. The maximum atomic E-state index is 11.2. The highest BCUT2D eigenvalue weighted by Gasteiger charge is 2.20. The largest absolute Gasteiger partial charge is 0.352 e.